The van der Waals surface area contributed by atoms with Crippen molar-refractivity contribution in [2.24, 2.45) is 5.92 Å². The zero-order chi connectivity index (χ0) is 12.7. The number of carboxylic acid groups (broad SMARTS) is 1. The lowest BCUT2D eigenvalue weighted by atomic mass is 9.92. The fraction of sp³-hybridized carbons (Fsp3) is 0.923. The van der Waals surface area contributed by atoms with Crippen molar-refractivity contribution in [3.8, 4) is 0 Å². The number of aliphatic carboxylic acids is 1. The third-order valence-corrected chi connectivity index (χ3v) is 3.66. The molecule has 1 aliphatic heterocycles. The molecule has 4 nitrogen and oxygen atoms in total. The van der Waals surface area contributed by atoms with Gasteiger partial charge in [-0.05, 0) is 38.1 Å². The number of carboxylic acids is 1. The summed E-state index contributed by atoms with van der Waals surface area (Å²) in [7, 11) is 1.74. The van der Waals surface area contributed by atoms with Crippen LogP contribution in [0.3, 0.4) is 0 Å². The summed E-state index contributed by atoms with van der Waals surface area (Å²) in [4.78, 5) is 13.1. The molecule has 1 heterocycles. The summed E-state index contributed by atoms with van der Waals surface area (Å²) in [5, 5.41) is 8.72. The Morgan fingerprint density at radius 3 is 2.94 bits per heavy atom. The van der Waals surface area contributed by atoms with Crippen LogP contribution in [0.25, 0.3) is 0 Å². The van der Waals surface area contributed by atoms with Gasteiger partial charge in [-0.1, -0.05) is 6.92 Å². The van der Waals surface area contributed by atoms with Crippen molar-refractivity contribution >= 4 is 5.97 Å². The van der Waals surface area contributed by atoms with Gasteiger partial charge in [-0.2, -0.15) is 0 Å². The van der Waals surface area contributed by atoms with E-state index in [-0.39, 0.29) is 0 Å². The predicted octanol–water partition coefficient (Wildman–Crippen LogP) is 1.99. The molecule has 0 amide bonds. The second-order valence-electron chi connectivity index (χ2n) is 4.95. The van der Waals surface area contributed by atoms with E-state index in [0.717, 1.165) is 32.5 Å². The van der Waals surface area contributed by atoms with Crippen LogP contribution in [-0.4, -0.2) is 48.8 Å². The number of methoxy groups -OCH3 is 1. The van der Waals surface area contributed by atoms with E-state index in [1.54, 1.807) is 7.11 Å². The lowest BCUT2D eigenvalue weighted by Gasteiger charge is -2.37. The summed E-state index contributed by atoms with van der Waals surface area (Å²) in [5.74, 6) is -0.128. The zero-order valence-electron chi connectivity index (χ0n) is 11.0. The van der Waals surface area contributed by atoms with Gasteiger partial charge in [0.2, 0.25) is 0 Å². The molecule has 2 unspecified atom stereocenters. The number of hydrogen-bond acceptors (Lipinski definition) is 3. The molecule has 2 atom stereocenters. The Kier molecular flexibility index (Phi) is 6.52. The Bertz CT molecular complexity index is 233. The van der Waals surface area contributed by atoms with E-state index in [9.17, 15) is 4.79 Å². The zero-order valence-corrected chi connectivity index (χ0v) is 11.0. The Morgan fingerprint density at radius 1 is 1.59 bits per heavy atom. The van der Waals surface area contributed by atoms with E-state index >= 15 is 0 Å². The number of piperidine rings is 1. The van der Waals surface area contributed by atoms with Gasteiger partial charge in [0.15, 0.2) is 0 Å². The van der Waals surface area contributed by atoms with Gasteiger partial charge in [-0.15, -0.1) is 0 Å². The summed E-state index contributed by atoms with van der Waals surface area (Å²) in [5.41, 5.74) is 0. The van der Waals surface area contributed by atoms with Crippen LogP contribution in [0.4, 0.5) is 0 Å². The monoisotopic (exact) mass is 243 g/mol. The highest BCUT2D eigenvalue weighted by molar-refractivity contribution is 5.66. The number of nitrogens with zero attached hydrogens (tertiary/aromatic N) is 1. The molecule has 0 aromatic heterocycles. The smallest absolute Gasteiger partial charge is 0.303 e. The van der Waals surface area contributed by atoms with Crippen molar-refractivity contribution in [3.05, 3.63) is 0 Å². The summed E-state index contributed by atoms with van der Waals surface area (Å²) in [6, 6.07) is 0.493. The molecular formula is C13H25NO3. The van der Waals surface area contributed by atoms with Crippen LogP contribution < -0.4 is 0 Å². The minimum atomic E-state index is -0.675. The standard InChI is InChI=1S/C13H25NO3/c1-3-12(10-17-2)14-8-4-5-11(9-14)6-7-13(15)16/h11-12H,3-10H2,1-2H3,(H,15,16). The molecule has 0 bridgehead atoms. The molecule has 1 aliphatic rings. The molecule has 17 heavy (non-hydrogen) atoms. The maximum absolute atomic E-state index is 10.6. The third-order valence-electron chi connectivity index (χ3n) is 3.66. The van der Waals surface area contributed by atoms with Gasteiger partial charge in [0, 0.05) is 26.1 Å². The van der Waals surface area contributed by atoms with Crippen LogP contribution in [0.1, 0.15) is 39.0 Å². The van der Waals surface area contributed by atoms with E-state index in [2.05, 4.69) is 11.8 Å². The first kappa shape index (κ1) is 14.5. The van der Waals surface area contributed by atoms with E-state index in [1.165, 1.54) is 12.8 Å². The van der Waals surface area contributed by atoms with Gasteiger partial charge in [-0.25, -0.2) is 0 Å². The Hall–Kier alpha value is -0.610. The van der Waals surface area contributed by atoms with Crippen molar-refractivity contribution < 1.29 is 14.6 Å². The lowest BCUT2D eigenvalue weighted by Crippen LogP contribution is -2.44. The second-order valence-corrected chi connectivity index (χ2v) is 4.95. The number of carbonyl (C=O) groups is 1. The average Bonchev–Trinajstić information content (AvgIpc) is 2.34. The minimum Gasteiger partial charge on any atom is -0.481 e. The molecule has 0 saturated carbocycles. The fourth-order valence-electron chi connectivity index (χ4n) is 2.67. The Morgan fingerprint density at radius 2 is 2.35 bits per heavy atom. The third kappa shape index (κ3) is 5.04. The molecular weight excluding hydrogens is 218 g/mol. The summed E-state index contributed by atoms with van der Waals surface area (Å²) < 4.78 is 5.25. The predicted molar refractivity (Wildman–Crippen MR) is 67.1 cm³/mol. The Labute approximate surface area is 104 Å². The van der Waals surface area contributed by atoms with Crippen LogP contribution in [0, 0.1) is 5.92 Å². The van der Waals surface area contributed by atoms with Crippen LogP contribution in [0.2, 0.25) is 0 Å². The summed E-state index contributed by atoms with van der Waals surface area (Å²) >= 11 is 0. The SMILES string of the molecule is CCC(COC)N1CCCC(CCC(=O)O)C1. The quantitative estimate of drug-likeness (QED) is 0.743. The van der Waals surface area contributed by atoms with Gasteiger partial charge in [0.1, 0.15) is 0 Å². The fourth-order valence-corrected chi connectivity index (χ4v) is 2.67. The molecule has 0 aromatic carbocycles. The maximum Gasteiger partial charge on any atom is 0.303 e. The van der Waals surface area contributed by atoms with Crippen molar-refractivity contribution in [2.45, 2.75) is 45.1 Å². The average molecular weight is 243 g/mol. The molecule has 1 N–H and O–H groups in total. The highest BCUT2D eigenvalue weighted by Gasteiger charge is 2.25. The highest BCUT2D eigenvalue weighted by atomic mass is 16.5. The second kappa shape index (κ2) is 7.67. The first-order chi connectivity index (χ1) is 8.17. The van der Waals surface area contributed by atoms with Gasteiger partial charge >= 0.3 is 5.97 Å². The van der Waals surface area contributed by atoms with Crippen LogP contribution in [0.15, 0.2) is 0 Å². The summed E-state index contributed by atoms with van der Waals surface area (Å²) in [6.45, 7) is 5.13. The molecule has 0 aromatic rings. The van der Waals surface area contributed by atoms with E-state index < -0.39 is 5.97 Å². The van der Waals surface area contributed by atoms with Crippen molar-refractivity contribution in [3.63, 3.8) is 0 Å². The number of hydrogen-bond donors (Lipinski definition) is 1. The molecule has 0 aliphatic carbocycles. The molecule has 1 fully saturated rings. The molecule has 100 valence electrons. The Balaban J connectivity index is 2.38. The molecule has 0 radical (unpaired) electrons. The summed E-state index contributed by atoms with van der Waals surface area (Å²) in [6.07, 6.45) is 4.58. The molecule has 0 spiro atoms. The van der Waals surface area contributed by atoms with Crippen LogP contribution >= 0.6 is 0 Å². The lowest BCUT2D eigenvalue weighted by molar-refractivity contribution is -0.137. The van der Waals surface area contributed by atoms with Gasteiger partial charge in [0.25, 0.3) is 0 Å². The van der Waals surface area contributed by atoms with E-state index in [4.69, 9.17) is 9.84 Å². The van der Waals surface area contributed by atoms with Gasteiger partial charge in [-0.3, -0.25) is 9.69 Å². The maximum atomic E-state index is 10.6. The van der Waals surface area contributed by atoms with Crippen LogP contribution in [0.5, 0.6) is 0 Å². The van der Waals surface area contributed by atoms with Crippen LogP contribution in [-0.2, 0) is 9.53 Å². The van der Waals surface area contributed by atoms with E-state index in [1.807, 2.05) is 0 Å². The van der Waals surface area contributed by atoms with E-state index in [0.29, 0.717) is 18.4 Å². The largest absolute Gasteiger partial charge is 0.481 e. The molecule has 4 heteroatoms. The topological polar surface area (TPSA) is 49.8 Å². The van der Waals surface area contributed by atoms with Gasteiger partial charge < -0.3 is 9.84 Å². The highest BCUT2D eigenvalue weighted by Crippen LogP contribution is 2.23. The number of likely N-dealkylation sites (tertiary alicyclic amines) is 1. The van der Waals surface area contributed by atoms with Crippen molar-refractivity contribution in [1.82, 2.24) is 4.90 Å². The van der Waals surface area contributed by atoms with Crippen molar-refractivity contribution in [2.75, 3.05) is 26.8 Å². The van der Waals surface area contributed by atoms with Crippen molar-refractivity contribution in [1.29, 1.82) is 0 Å². The normalized spacial score (nSPS) is 23.5. The number of ether oxygens (including phenoxy) is 1. The van der Waals surface area contributed by atoms with Gasteiger partial charge in [0.05, 0.1) is 6.61 Å². The molecule has 1 saturated heterocycles. The first-order valence-corrected chi connectivity index (χ1v) is 6.62. The first-order valence-electron chi connectivity index (χ1n) is 6.62. The minimum absolute atomic E-state index is 0.305. The molecule has 1 rings (SSSR count). The number of rotatable bonds is 7.